The van der Waals surface area contributed by atoms with Crippen molar-refractivity contribution in [2.75, 3.05) is 13.1 Å². The third-order valence-corrected chi connectivity index (χ3v) is 5.53. The molecule has 2 saturated heterocycles. The standard InChI is InChI=1S/C22H25FN2O2/c23-18-8-4-5-9-21(18)27-17-12-14-25(15-13-17)22(26)20-11-10-19(24-20)16-6-2-1-3-7-16/h1-9,17,19-20,24H,10-15H2/t19-,20-/m1/s1. The minimum absolute atomic E-state index is 0.0421. The zero-order valence-corrected chi connectivity index (χ0v) is 15.3. The quantitative estimate of drug-likeness (QED) is 0.895. The average molecular weight is 368 g/mol. The van der Waals surface area contributed by atoms with E-state index in [0.717, 1.165) is 25.7 Å². The fourth-order valence-corrected chi connectivity index (χ4v) is 4.02. The van der Waals surface area contributed by atoms with E-state index < -0.39 is 0 Å². The van der Waals surface area contributed by atoms with Crippen LogP contribution < -0.4 is 10.1 Å². The van der Waals surface area contributed by atoms with Crippen LogP contribution in [0.15, 0.2) is 54.6 Å². The Bertz CT molecular complexity index is 775. The number of hydrogen-bond acceptors (Lipinski definition) is 3. The molecule has 0 aliphatic carbocycles. The average Bonchev–Trinajstić information content (AvgIpc) is 3.21. The number of piperidine rings is 1. The summed E-state index contributed by atoms with van der Waals surface area (Å²) < 4.78 is 19.5. The number of rotatable bonds is 4. The summed E-state index contributed by atoms with van der Waals surface area (Å²) in [7, 11) is 0. The highest BCUT2D eigenvalue weighted by atomic mass is 19.1. The van der Waals surface area contributed by atoms with E-state index in [1.807, 2.05) is 23.1 Å². The van der Waals surface area contributed by atoms with Crippen molar-refractivity contribution >= 4 is 5.91 Å². The predicted molar refractivity (Wildman–Crippen MR) is 102 cm³/mol. The van der Waals surface area contributed by atoms with E-state index >= 15 is 0 Å². The molecule has 2 fully saturated rings. The van der Waals surface area contributed by atoms with Crippen molar-refractivity contribution in [3.05, 3.63) is 66.0 Å². The van der Waals surface area contributed by atoms with Gasteiger partial charge in [-0.15, -0.1) is 0 Å². The Labute approximate surface area is 159 Å². The number of likely N-dealkylation sites (tertiary alicyclic amines) is 1. The molecular formula is C22H25FN2O2. The summed E-state index contributed by atoms with van der Waals surface area (Å²) in [4.78, 5) is 14.8. The van der Waals surface area contributed by atoms with Crippen LogP contribution in [0.25, 0.3) is 0 Å². The highest BCUT2D eigenvalue weighted by Crippen LogP contribution is 2.28. The topological polar surface area (TPSA) is 41.6 Å². The summed E-state index contributed by atoms with van der Waals surface area (Å²) in [6, 6.07) is 16.9. The highest BCUT2D eigenvalue weighted by Gasteiger charge is 2.34. The number of hydrogen-bond donors (Lipinski definition) is 1. The van der Waals surface area contributed by atoms with Crippen LogP contribution in [0.5, 0.6) is 5.75 Å². The molecule has 27 heavy (non-hydrogen) atoms. The lowest BCUT2D eigenvalue weighted by Crippen LogP contribution is -2.48. The third-order valence-electron chi connectivity index (χ3n) is 5.53. The molecule has 0 saturated carbocycles. The predicted octanol–water partition coefficient (Wildman–Crippen LogP) is 3.69. The number of halogens is 1. The lowest BCUT2D eigenvalue weighted by atomic mass is 10.0. The molecule has 0 radical (unpaired) electrons. The van der Waals surface area contributed by atoms with Gasteiger partial charge in [-0.1, -0.05) is 42.5 Å². The zero-order valence-electron chi connectivity index (χ0n) is 15.3. The van der Waals surface area contributed by atoms with Gasteiger partial charge in [0.25, 0.3) is 0 Å². The minimum atomic E-state index is -0.335. The number of benzene rings is 2. The molecule has 1 N–H and O–H groups in total. The summed E-state index contributed by atoms with van der Waals surface area (Å²) in [5.41, 5.74) is 1.24. The van der Waals surface area contributed by atoms with Crippen LogP contribution in [0.1, 0.15) is 37.3 Å². The summed E-state index contributed by atoms with van der Waals surface area (Å²) in [5, 5.41) is 3.49. The van der Waals surface area contributed by atoms with Gasteiger partial charge in [0.2, 0.25) is 5.91 Å². The van der Waals surface area contributed by atoms with Gasteiger partial charge in [0.1, 0.15) is 6.10 Å². The molecule has 2 aliphatic heterocycles. The molecule has 2 aromatic carbocycles. The Balaban J connectivity index is 1.28. The first kappa shape index (κ1) is 18.0. The van der Waals surface area contributed by atoms with Crippen LogP contribution >= 0.6 is 0 Å². The van der Waals surface area contributed by atoms with E-state index in [9.17, 15) is 9.18 Å². The van der Waals surface area contributed by atoms with E-state index in [1.165, 1.54) is 11.6 Å². The zero-order chi connectivity index (χ0) is 18.6. The molecule has 1 amide bonds. The maximum absolute atomic E-state index is 13.7. The van der Waals surface area contributed by atoms with E-state index in [0.29, 0.717) is 18.8 Å². The van der Waals surface area contributed by atoms with Crippen molar-refractivity contribution in [1.82, 2.24) is 10.2 Å². The van der Waals surface area contributed by atoms with Crippen LogP contribution in [-0.2, 0) is 4.79 Å². The molecular weight excluding hydrogens is 343 g/mol. The summed E-state index contributed by atoms with van der Waals surface area (Å²) in [5.74, 6) is 0.140. The SMILES string of the molecule is O=C([C@H]1CC[C@H](c2ccccc2)N1)N1CCC(Oc2ccccc2F)CC1. The lowest BCUT2D eigenvalue weighted by Gasteiger charge is -2.33. The number of nitrogens with one attached hydrogen (secondary N) is 1. The van der Waals surface area contributed by atoms with E-state index in [4.69, 9.17) is 4.74 Å². The lowest BCUT2D eigenvalue weighted by molar-refractivity contribution is -0.135. The molecule has 0 aromatic heterocycles. The fourth-order valence-electron chi connectivity index (χ4n) is 4.02. The van der Waals surface area contributed by atoms with Gasteiger partial charge in [-0.05, 0) is 30.5 Å². The molecule has 4 rings (SSSR count). The Morgan fingerprint density at radius 2 is 1.67 bits per heavy atom. The second kappa shape index (κ2) is 8.09. The van der Waals surface area contributed by atoms with Crippen LogP contribution in [0, 0.1) is 5.82 Å². The van der Waals surface area contributed by atoms with Crippen molar-refractivity contribution in [2.24, 2.45) is 0 Å². The van der Waals surface area contributed by atoms with Crippen molar-refractivity contribution < 1.29 is 13.9 Å². The van der Waals surface area contributed by atoms with Gasteiger partial charge in [-0.2, -0.15) is 0 Å². The van der Waals surface area contributed by atoms with Gasteiger partial charge in [0.05, 0.1) is 6.04 Å². The monoisotopic (exact) mass is 368 g/mol. The number of amides is 1. The maximum Gasteiger partial charge on any atom is 0.239 e. The Hall–Kier alpha value is -2.40. The smallest absolute Gasteiger partial charge is 0.239 e. The molecule has 5 heteroatoms. The minimum Gasteiger partial charge on any atom is -0.487 e. The van der Waals surface area contributed by atoms with Crippen molar-refractivity contribution in [3.63, 3.8) is 0 Å². The molecule has 2 atom stereocenters. The van der Waals surface area contributed by atoms with Crippen molar-refractivity contribution in [1.29, 1.82) is 0 Å². The number of ether oxygens (including phenoxy) is 1. The van der Waals surface area contributed by atoms with E-state index in [1.54, 1.807) is 18.2 Å². The van der Waals surface area contributed by atoms with Crippen LogP contribution in [0.2, 0.25) is 0 Å². The molecule has 2 heterocycles. The molecule has 0 unspecified atom stereocenters. The molecule has 0 spiro atoms. The van der Waals surface area contributed by atoms with Crippen LogP contribution in [0.3, 0.4) is 0 Å². The van der Waals surface area contributed by atoms with Crippen molar-refractivity contribution in [3.8, 4) is 5.75 Å². The molecule has 4 nitrogen and oxygen atoms in total. The first-order valence-corrected chi connectivity index (χ1v) is 9.71. The van der Waals surface area contributed by atoms with Gasteiger partial charge in [-0.25, -0.2) is 4.39 Å². The Morgan fingerprint density at radius 1 is 0.963 bits per heavy atom. The first-order chi connectivity index (χ1) is 13.2. The second-order valence-corrected chi connectivity index (χ2v) is 7.33. The molecule has 2 aromatic rings. The van der Waals surface area contributed by atoms with Crippen LogP contribution in [-0.4, -0.2) is 36.0 Å². The van der Waals surface area contributed by atoms with Crippen LogP contribution in [0.4, 0.5) is 4.39 Å². The maximum atomic E-state index is 13.7. The van der Waals surface area contributed by atoms with Gasteiger partial charge >= 0.3 is 0 Å². The second-order valence-electron chi connectivity index (χ2n) is 7.33. The summed E-state index contributed by atoms with van der Waals surface area (Å²) >= 11 is 0. The fraction of sp³-hybridized carbons (Fsp3) is 0.409. The highest BCUT2D eigenvalue weighted by molar-refractivity contribution is 5.82. The summed E-state index contributed by atoms with van der Waals surface area (Å²) in [6.07, 6.45) is 3.26. The number of para-hydroxylation sites is 1. The van der Waals surface area contributed by atoms with Gasteiger partial charge in [0, 0.05) is 32.0 Å². The first-order valence-electron chi connectivity index (χ1n) is 9.71. The van der Waals surface area contributed by atoms with E-state index in [-0.39, 0.29) is 29.9 Å². The molecule has 2 aliphatic rings. The van der Waals surface area contributed by atoms with Gasteiger partial charge < -0.3 is 9.64 Å². The number of nitrogens with zero attached hydrogens (tertiary/aromatic N) is 1. The third kappa shape index (κ3) is 4.14. The Kier molecular flexibility index (Phi) is 5.39. The number of carbonyl (C=O) groups excluding carboxylic acids is 1. The Morgan fingerprint density at radius 3 is 2.41 bits per heavy atom. The molecule has 0 bridgehead atoms. The van der Waals surface area contributed by atoms with Crippen molar-refractivity contribution in [2.45, 2.75) is 43.9 Å². The summed E-state index contributed by atoms with van der Waals surface area (Å²) in [6.45, 7) is 1.32. The number of carbonyl (C=O) groups is 1. The van der Waals surface area contributed by atoms with E-state index in [2.05, 4.69) is 17.4 Å². The normalized spacial score (nSPS) is 23.4. The molecule has 142 valence electrons. The van der Waals surface area contributed by atoms with Gasteiger partial charge in [-0.3, -0.25) is 10.1 Å². The van der Waals surface area contributed by atoms with Gasteiger partial charge in [0.15, 0.2) is 11.6 Å². The largest absolute Gasteiger partial charge is 0.487 e.